The number of aliphatic carboxylic acids is 1. The van der Waals surface area contributed by atoms with Crippen molar-refractivity contribution >= 4 is 5.97 Å². The zero-order valence-electron chi connectivity index (χ0n) is 13.3. The number of hydrogen-bond acceptors (Lipinski definition) is 3. The molecule has 4 nitrogen and oxygen atoms in total. The fourth-order valence-corrected chi connectivity index (χ4v) is 4.64. The number of carbonyl (C=O) groups is 1. The van der Waals surface area contributed by atoms with Gasteiger partial charge >= 0.3 is 5.97 Å². The highest BCUT2D eigenvalue weighted by Crippen LogP contribution is 2.48. The molecule has 2 fully saturated rings. The molecule has 2 saturated carbocycles. The lowest BCUT2D eigenvalue weighted by atomic mass is 9.58. The predicted molar refractivity (Wildman–Crippen MR) is 84.7 cm³/mol. The minimum atomic E-state index is -1.07. The van der Waals surface area contributed by atoms with E-state index in [4.69, 9.17) is 11.5 Å². The first-order valence-electron chi connectivity index (χ1n) is 8.82. The van der Waals surface area contributed by atoms with Crippen LogP contribution in [0.25, 0.3) is 0 Å². The van der Waals surface area contributed by atoms with E-state index in [1.165, 1.54) is 19.3 Å². The predicted octanol–water partition coefficient (Wildman–Crippen LogP) is 3.39. The Balaban J connectivity index is 2.32. The minimum Gasteiger partial charge on any atom is -0.481 e. The Morgan fingerprint density at radius 1 is 0.810 bits per heavy atom. The van der Waals surface area contributed by atoms with Crippen LogP contribution in [0.2, 0.25) is 0 Å². The van der Waals surface area contributed by atoms with Crippen molar-refractivity contribution in [2.45, 2.75) is 89.1 Å². The van der Waals surface area contributed by atoms with Crippen molar-refractivity contribution in [1.29, 1.82) is 0 Å². The Bertz CT molecular complexity index is 349. The van der Waals surface area contributed by atoms with E-state index in [-0.39, 0.29) is 5.92 Å². The molecule has 0 spiro atoms. The Morgan fingerprint density at radius 3 is 1.86 bits per heavy atom. The Hall–Kier alpha value is -0.610. The lowest BCUT2D eigenvalue weighted by molar-refractivity contribution is -0.162. The van der Waals surface area contributed by atoms with Crippen LogP contribution >= 0.6 is 0 Å². The molecule has 0 aromatic heterocycles. The first-order chi connectivity index (χ1) is 10.0. The SMILES string of the molecule is NC1(N)CCCCCCC1(C(=O)O)C1CCCCCCC1. The summed E-state index contributed by atoms with van der Waals surface area (Å²) >= 11 is 0. The van der Waals surface area contributed by atoms with Crippen LogP contribution in [-0.4, -0.2) is 16.7 Å². The summed E-state index contributed by atoms with van der Waals surface area (Å²) in [6.45, 7) is 0. The Kier molecular flexibility index (Phi) is 5.67. The highest BCUT2D eigenvalue weighted by molar-refractivity contribution is 5.77. The average molecular weight is 296 g/mol. The molecule has 0 bridgehead atoms. The molecule has 0 heterocycles. The summed E-state index contributed by atoms with van der Waals surface area (Å²) in [5.74, 6) is -0.608. The standard InChI is InChI=1S/C17H32N2O2/c18-17(19)13-9-5-4-8-12-16(17,15(20)21)14-10-6-2-1-3-7-11-14/h14H,1-13,18-19H2,(H,20,21). The highest BCUT2D eigenvalue weighted by Gasteiger charge is 2.56. The zero-order chi connectivity index (χ0) is 15.3. The molecule has 0 aliphatic heterocycles. The maximum Gasteiger partial charge on any atom is 0.313 e. The summed E-state index contributed by atoms with van der Waals surface area (Å²) in [6.07, 6.45) is 13.3. The van der Waals surface area contributed by atoms with Crippen molar-refractivity contribution in [2.24, 2.45) is 22.8 Å². The van der Waals surface area contributed by atoms with Gasteiger partial charge in [0.15, 0.2) is 0 Å². The summed E-state index contributed by atoms with van der Waals surface area (Å²) in [5.41, 5.74) is 10.9. The van der Waals surface area contributed by atoms with Gasteiger partial charge in [0.1, 0.15) is 5.41 Å². The normalized spacial score (nSPS) is 32.5. The molecular weight excluding hydrogens is 264 g/mol. The summed E-state index contributed by atoms with van der Waals surface area (Å²) < 4.78 is 0. The van der Waals surface area contributed by atoms with E-state index in [1.54, 1.807) is 0 Å². The zero-order valence-corrected chi connectivity index (χ0v) is 13.3. The van der Waals surface area contributed by atoms with Crippen LogP contribution in [0.3, 0.4) is 0 Å². The third kappa shape index (κ3) is 3.42. The number of carboxylic acids is 1. The van der Waals surface area contributed by atoms with Gasteiger partial charge in [0.25, 0.3) is 0 Å². The number of carboxylic acid groups (broad SMARTS) is 1. The lowest BCUT2D eigenvalue weighted by Gasteiger charge is -2.49. The van der Waals surface area contributed by atoms with Gasteiger partial charge in [0.05, 0.1) is 5.66 Å². The molecule has 0 saturated heterocycles. The van der Waals surface area contributed by atoms with Gasteiger partial charge in [0, 0.05) is 0 Å². The molecular formula is C17H32N2O2. The summed E-state index contributed by atoms with van der Waals surface area (Å²) in [7, 11) is 0. The molecule has 0 radical (unpaired) electrons. The molecule has 1 unspecified atom stereocenters. The summed E-state index contributed by atoms with van der Waals surface area (Å²) in [4.78, 5) is 12.3. The van der Waals surface area contributed by atoms with Gasteiger partial charge in [-0.25, -0.2) is 0 Å². The molecule has 21 heavy (non-hydrogen) atoms. The molecule has 4 heteroatoms. The van der Waals surface area contributed by atoms with E-state index in [9.17, 15) is 9.90 Å². The van der Waals surface area contributed by atoms with E-state index in [1.807, 2.05) is 0 Å². The van der Waals surface area contributed by atoms with Gasteiger partial charge in [0.2, 0.25) is 0 Å². The topological polar surface area (TPSA) is 89.3 Å². The van der Waals surface area contributed by atoms with E-state index in [0.29, 0.717) is 12.8 Å². The number of rotatable bonds is 2. The fourth-order valence-electron chi connectivity index (χ4n) is 4.64. The Labute approximate surface area is 128 Å². The molecule has 0 aromatic rings. The van der Waals surface area contributed by atoms with Gasteiger partial charge in [-0.3, -0.25) is 4.79 Å². The molecule has 122 valence electrons. The maximum atomic E-state index is 12.3. The van der Waals surface area contributed by atoms with E-state index in [2.05, 4.69) is 0 Å². The maximum absolute atomic E-state index is 12.3. The van der Waals surface area contributed by atoms with Gasteiger partial charge in [-0.2, -0.15) is 0 Å². The van der Waals surface area contributed by atoms with Crippen LogP contribution in [0.4, 0.5) is 0 Å². The third-order valence-corrected chi connectivity index (χ3v) is 5.93. The van der Waals surface area contributed by atoms with Crippen molar-refractivity contribution in [3.63, 3.8) is 0 Å². The first-order valence-corrected chi connectivity index (χ1v) is 8.82. The summed E-state index contributed by atoms with van der Waals surface area (Å²) in [5, 5.41) is 10.1. The van der Waals surface area contributed by atoms with Crippen LogP contribution in [-0.2, 0) is 4.79 Å². The lowest BCUT2D eigenvalue weighted by Crippen LogP contribution is -2.68. The van der Waals surface area contributed by atoms with E-state index < -0.39 is 17.0 Å². The minimum absolute atomic E-state index is 0.142. The average Bonchev–Trinajstić information content (AvgIpc) is 2.36. The van der Waals surface area contributed by atoms with Gasteiger partial charge in [-0.15, -0.1) is 0 Å². The first kappa shape index (κ1) is 16.8. The molecule has 0 aromatic carbocycles. The third-order valence-electron chi connectivity index (χ3n) is 5.93. The van der Waals surface area contributed by atoms with Crippen molar-refractivity contribution in [3.05, 3.63) is 0 Å². The number of nitrogens with two attached hydrogens (primary N) is 2. The molecule has 1 atom stereocenters. The second-order valence-corrected chi connectivity index (χ2v) is 7.27. The monoisotopic (exact) mass is 296 g/mol. The van der Waals surface area contributed by atoms with Gasteiger partial charge in [-0.1, -0.05) is 57.8 Å². The molecule has 2 rings (SSSR count). The molecule has 2 aliphatic rings. The molecule has 0 amide bonds. The quantitative estimate of drug-likeness (QED) is 0.681. The van der Waals surface area contributed by atoms with E-state index >= 15 is 0 Å². The van der Waals surface area contributed by atoms with Crippen LogP contribution in [0.5, 0.6) is 0 Å². The highest BCUT2D eigenvalue weighted by atomic mass is 16.4. The summed E-state index contributed by atoms with van der Waals surface area (Å²) in [6, 6.07) is 0. The second-order valence-electron chi connectivity index (χ2n) is 7.27. The number of hydrogen-bond donors (Lipinski definition) is 3. The van der Waals surface area contributed by atoms with Gasteiger partial charge in [-0.05, 0) is 31.6 Å². The van der Waals surface area contributed by atoms with Crippen molar-refractivity contribution in [3.8, 4) is 0 Å². The van der Waals surface area contributed by atoms with Crippen LogP contribution < -0.4 is 11.5 Å². The van der Waals surface area contributed by atoms with Crippen molar-refractivity contribution < 1.29 is 9.90 Å². The van der Waals surface area contributed by atoms with Gasteiger partial charge < -0.3 is 16.6 Å². The van der Waals surface area contributed by atoms with Crippen LogP contribution in [0.15, 0.2) is 0 Å². The Morgan fingerprint density at radius 2 is 1.29 bits per heavy atom. The fraction of sp³-hybridized carbons (Fsp3) is 0.941. The largest absolute Gasteiger partial charge is 0.481 e. The van der Waals surface area contributed by atoms with Crippen molar-refractivity contribution in [2.75, 3.05) is 0 Å². The smallest absolute Gasteiger partial charge is 0.313 e. The second kappa shape index (κ2) is 7.10. The molecule has 2 aliphatic carbocycles. The molecule has 5 N–H and O–H groups in total. The van der Waals surface area contributed by atoms with E-state index in [0.717, 1.165) is 51.4 Å². The van der Waals surface area contributed by atoms with Crippen molar-refractivity contribution in [1.82, 2.24) is 0 Å². The van der Waals surface area contributed by atoms with Crippen LogP contribution in [0.1, 0.15) is 83.5 Å². The van der Waals surface area contributed by atoms with Crippen LogP contribution in [0, 0.1) is 11.3 Å².